The first kappa shape index (κ1) is 8.68. The Morgan fingerprint density at radius 2 is 2.64 bits per heavy atom. The van der Waals surface area contributed by atoms with Crippen LogP contribution >= 0.6 is 0 Å². The van der Waals surface area contributed by atoms with E-state index in [4.69, 9.17) is 4.74 Å². The summed E-state index contributed by atoms with van der Waals surface area (Å²) in [5.41, 5.74) is 0. The molecule has 0 bridgehead atoms. The van der Waals surface area contributed by atoms with Crippen molar-refractivity contribution in [3.8, 4) is 0 Å². The summed E-state index contributed by atoms with van der Waals surface area (Å²) in [7, 11) is 0. The molecule has 1 aliphatic rings. The smallest absolute Gasteiger partial charge is 0.150 e. The Kier molecular flexibility index (Phi) is 3.52. The van der Waals surface area contributed by atoms with E-state index in [1.165, 1.54) is 0 Å². The van der Waals surface area contributed by atoms with Crippen molar-refractivity contribution < 1.29 is 9.53 Å². The molecule has 2 atom stereocenters. The van der Waals surface area contributed by atoms with Gasteiger partial charge >= 0.3 is 0 Å². The molecular formula is C8H15NO2. The third-order valence-electron chi connectivity index (χ3n) is 1.99. The summed E-state index contributed by atoms with van der Waals surface area (Å²) < 4.78 is 5.24. The molecule has 0 spiro atoms. The van der Waals surface area contributed by atoms with Crippen LogP contribution in [0.2, 0.25) is 0 Å². The quantitative estimate of drug-likeness (QED) is 0.598. The Morgan fingerprint density at radius 3 is 3.09 bits per heavy atom. The average molecular weight is 157 g/mol. The zero-order valence-electron chi connectivity index (χ0n) is 6.88. The van der Waals surface area contributed by atoms with Gasteiger partial charge in [0.25, 0.3) is 0 Å². The van der Waals surface area contributed by atoms with Gasteiger partial charge in [-0.2, -0.15) is 0 Å². The summed E-state index contributed by atoms with van der Waals surface area (Å²) in [4.78, 5) is 10.5. The van der Waals surface area contributed by atoms with Crippen LogP contribution in [0, 0.1) is 0 Å². The Hall–Kier alpha value is -0.410. The van der Waals surface area contributed by atoms with E-state index >= 15 is 0 Å². The van der Waals surface area contributed by atoms with E-state index in [9.17, 15) is 4.79 Å². The molecule has 1 saturated heterocycles. The molecule has 0 aromatic carbocycles. The highest BCUT2D eigenvalue weighted by molar-refractivity contribution is 5.57. The topological polar surface area (TPSA) is 38.3 Å². The largest absolute Gasteiger partial charge is 0.369 e. The van der Waals surface area contributed by atoms with Crippen molar-refractivity contribution in [1.82, 2.24) is 5.32 Å². The van der Waals surface area contributed by atoms with Crippen molar-refractivity contribution in [1.29, 1.82) is 0 Å². The number of aldehydes is 1. The zero-order chi connectivity index (χ0) is 8.10. The lowest BCUT2D eigenvalue weighted by atomic mass is 10.1. The van der Waals surface area contributed by atoms with Crippen molar-refractivity contribution in [2.45, 2.75) is 31.9 Å². The minimum Gasteiger partial charge on any atom is -0.369 e. The third kappa shape index (κ3) is 2.27. The number of carbonyl (C=O) groups is 1. The predicted octanol–water partition coefficient (Wildman–Crippen LogP) is 0.342. The third-order valence-corrected chi connectivity index (χ3v) is 1.99. The van der Waals surface area contributed by atoms with Crippen molar-refractivity contribution >= 4 is 6.29 Å². The van der Waals surface area contributed by atoms with Crippen LogP contribution in [0.25, 0.3) is 0 Å². The van der Waals surface area contributed by atoms with E-state index in [1.54, 1.807) is 0 Å². The molecule has 3 nitrogen and oxygen atoms in total. The van der Waals surface area contributed by atoms with Crippen molar-refractivity contribution in [2.24, 2.45) is 0 Å². The van der Waals surface area contributed by atoms with Crippen LogP contribution in [-0.4, -0.2) is 31.6 Å². The van der Waals surface area contributed by atoms with Crippen molar-refractivity contribution in [3.05, 3.63) is 0 Å². The van der Waals surface area contributed by atoms with Gasteiger partial charge in [-0.05, 0) is 26.3 Å². The molecule has 64 valence electrons. The lowest BCUT2D eigenvalue weighted by molar-refractivity contribution is -0.119. The molecule has 0 radical (unpaired) electrons. The number of carbonyl (C=O) groups excluding carboxylic acids is 1. The maximum Gasteiger partial charge on any atom is 0.150 e. The van der Waals surface area contributed by atoms with Crippen LogP contribution in [0.4, 0.5) is 0 Å². The van der Waals surface area contributed by atoms with Gasteiger partial charge in [-0.1, -0.05) is 0 Å². The second-order valence-electron chi connectivity index (χ2n) is 2.76. The van der Waals surface area contributed by atoms with Gasteiger partial charge in [0.15, 0.2) is 0 Å². The van der Waals surface area contributed by atoms with Gasteiger partial charge in [0.1, 0.15) is 12.4 Å². The van der Waals surface area contributed by atoms with Crippen LogP contribution < -0.4 is 5.32 Å². The van der Waals surface area contributed by atoms with Gasteiger partial charge in [-0.15, -0.1) is 0 Å². The van der Waals surface area contributed by atoms with E-state index in [-0.39, 0.29) is 12.1 Å². The van der Waals surface area contributed by atoms with Crippen molar-refractivity contribution in [3.63, 3.8) is 0 Å². The second-order valence-corrected chi connectivity index (χ2v) is 2.76. The van der Waals surface area contributed by atoms with E-state index in [1.807, 2.05) is 6.92 Å². The Balaban J connectivity index is 2.33. The van der Waals surface area contributed by atoms with Gasteiger partial charge in [0.2, 0.25) is 0 Å². The molecule has 11 heavy (non-hydrogen) atoms. The number of rotatable bonds is 4. The molecule has 1 fully saturated rings. The summed E-state index contributed by atoms with van der Waals surface area (Å²) in [5, 5.41) is 3.24. The highest BCUT2D eigenvalue weighted by atomic mass is 16.5. The van der Waals surface area contributed by atoms with Crippen LogP contribution in [0.5, 0.6) is 0 Å². The summed E-state index contributed by atoms with van der Waals surface area (Å²) in [6.07, 6.45) is 2.88. The lowest BCUT2D eigenvalue weighted by Crippen LogP contribution is -2.37. The number of nitrogens with one attached hydrogen (secondary N) is 1. The molecule has 0 aliphatic carbocycles. The summed E-state index contributed by atoms with van der Waals surface area (Å²) >= 11 is 0. The summed E-state index contributed by atoms with van der Waals surface area (Å²) in [5.74, 6) is 0. The first-order valence-electron chi connectivity index (χ1n) is 4.18. The lowest BCUT2D eigenvalue weighted by Gasteiger charge is -2.17. The van der Waals surface area contributed by atoms with Gasteiger partial charge in [0, 0.05) is 12.6 Å². The molecule has 0 saturated carbocycles. The van der Waals surface area contributed by atoms with Crippen LogP contribution in [0.3, 0.4) is 0 Å². The van der Waals surface area contributed by atoms with E-state index in [2.05, 4.69) is 5.32 Å². The van der Waals surface area contributed by atoms with Crippen LogP contribution in [-0.2, 0) is 9.53 Å². The predicted molar refractivity (Wildman–Crippen MR) is 42.5 cm³/mol. The Morgan fingerprint density at radius 1 is 1.82 bits per heavy atom. The normalized spacial score (nSPS) is 26.8. The van der Waals surface area contributed by atoms with Crippen molar-refractivity contribution in [2.75, 3.05) is 13.2 Å². The van der Waals surface area contributed by atoms with Crippen LogP contribution in [0.1, 0.15) is 19.8 Å². The molecule has 1 heterocycles. The van der Waals surface area contributed by atoms with E-state index < -0.39 is 0 Å². The van der Waals surface area contributed by atoms with Crippen LogP contribution in [0.15, 0.2) is 0 Å². The molecule has 3 heteroatoms. The highest BCUT2D eigenvalue weighted by Gasteiger charge is 2.23. The maximum absolute atomic E-state index is 10.5. The van der Waals surface area contributed by atoms with Gasteiger partial charge < -0.3 is 14.8 Å². The SMILES string of the molecule is CCOC(C=O)[C@H]1CCCN1. The zero-order valence-corrected chi connectivity index (χ0v) is 6.88. The standard InChI is InChI=1S/C8H15NO2/c1-2-11-8(6-10)7-4-3-5-9-7/h6-9H,2-5H2,1H3/t7-,8?/m1/s1. The highest BCUT2D eigenvalue weighted by Crippen LogP contribution is 2.10. The number of ether oxygens (including phenoxy) is 1. The van der Waals surface area contributed by atoms with Gasteiger partial charge in [-0.3, -0.25) is 0 Å². The Bertz CT molecular complexity index is 121. The first-order chi connectivity index (χ1) is 5.38. The monoisotopic (exact) mass is 157 g/mol. The summed E-state index contributed by atoms with van der Waals surface area (Å²) in [6, 6.07) is 0.257. The van der Waals surface area contributed by atoms with E-state index in [0.717, 1.165) is 25.7 Å². The molecule has 0 aromatic heterocycles. The molecule has 1 rings (SSSR count). The fourth-order valence-corrected chi connectivity index (χ4v) is 1.43. The average Bonchev–Trinajstić information content (AvgIpc) is 2.52. The van der Waals surface area contributed by atoms with E-state index in [0.29, 0.717) is 6.61 Å². The number of hydrogen-bond donors (Lipinski definition) is 1. The molecule has 1 N–H and O–H groups in total. The minimum atomic E-state index is -0.234. The van der Waals surface area contributed by atoms with Gasteiger partial charge in [0.05, 0.1) is 0 Å². The molecular weight excluding hydrogens is 142 g/mol. The second kappa shape index (κ2) is 4.46. The number of hydrogen-bond acceptors (Lipinski definition) is 3. The fourth-order valence-electron chi connectivity index (χ4n) is 1.43. The molecule has 0 aromatic rings. The summed E-state index contributed by atoms with van der Waals surface area (Å²) in [6.45, 7) is 3.54. The minimum absolute atomic E-state index is 0.234. The Labute approximate surface area is 67.1 Å². The maximum atomic E-state index is 10.5. The molecule has 1 unspecified atom stereocenters. The first-order valence-corrected chi connectivity index (χ1v) is 4.18. The molecule has 1 aliphatic heterocycles. The molecule has 0 amide bonds. The van der Waals surface area contributed by atoms with Gasteiger partial charge in [-0.25, -0.2) is 0 Å². The fraction of sp³-hybridized carbons (Fsp3) is 0.875.